The Kier molecular flexibility index (Phi) is 5.73. The number of rotatable bonds is 6. The summed E-state index contributed by atoms with van der Waals surface area (Å²) in [5.74, 6) is -0.114. The molecule has 7 nitrogen and oxygen atoms in total. The first-order valence-electron chi connectivity index (χ1n) is 8.20. The standard InChI is InChI=1S/C18H19FN2O5S/c1-25-15-6-8-17(9-7-15)27(23,24)20-10-16-11-21(18(22)12-26-16)14-4-2-13(19)3-5-14/h2-9,16,20H,10-12H2,1H3. The molecule has 1 aliphatic heterocycles. The zero-order valence-corrected chi connectivity index (χ0v) is 15.4. The van der Waals surface area contributed by atoms with Crippen LogP contribution in [0.25, 0.3) is 0 Å². The van der Waals surface area contributed by atoms with Crippen LogP contribution in [-0.4, -0.2) is 47.2 Å². The summed E-state index contributed by atoms with van der Waals surface area (Å²) >= 11 is 0. The number of ether oxygens (including phenoxy) is 2. The molecule has 0 bridgehead atoms. The third-order valence-corrected chi connectivity index (χ3v) is 5.58. The summed E-state index contributed by atoms with van der Waals surface area (Å²) < 4.78 is 50.8. The van der Waals surface area contributed by atoms with E-state index in [1.165, 1.54) is 48.4 Å². The first kappa shape index (κ1) is 19.3. The van der Waals surface area contributed by atoms with Gasteiger partial charge in [0.15, 0.2) is 0 Å². The second-order valence-electron chi connectivity index (χ2n) is 5.94. The Morgan fingerprint density at radius 3 is 2.48 bits per heavy atom. The number of nitrogens with one attached hydrogen (secondary N) is 1. The molecule has 1 unspecified atom stereocenters. The summed E-state index contributed by atoms with van der Waals surface area (Å²) in [7, 11) is -2.23. The molecular weight excluding hydrogens is 375 g/mol. The molecule has 0 spiro atoms. The van der Waals surface area contributed by atoms with Gasteiger partial charge in [0.1, 0.15) is 18.2 Å². The van der Waals surface area contributed by atoms with Gasteiger partial charge in [-0.2, -0.15) is 0 Å². The maximum atomic E-state index is 13.1. The van der Waals surface area contributed by atoms with Gasteiger partial charge in [0, 0.05) is 12.2 Å². The SMILES string of the molecule is COc1ccc(S(=O)(=O)NCC2CN(c3ccc(F)cc3)C(=O)CO2)cc1. The van der Waals surface area contributed by atoms with Gasteiger partial charge in [-0.1, -0.05) is 0 Å². The van der Waals surface area contributed by atoms with Crippen LogP contribution >= 0.6 is 0 Å². The zero-order valence-electron chi connectivity index (χ0n) is 14.6. The number of anilines is 1. The third-order valence-electron chi connectivity index (χ3n) is 4.14. The molecule has 1 N–H and O–H groups in total. The number of amides is 1. The van der Waals surface area contributed by atoms with Gasteiger partial charge in [0.25, 0.3) is 5.91 Å². The minimum Gasteiger partial charge on any atom is -0.497 e. The van der Waals surface area contributed by atoms with Crippen molar-refractivity contribution in [2.45, 2.75) is 11.0 Å². The lowest BCUT2D eigenvalue weighted by Gasteiger charge is -2.32. The van der Waals surface area contributed by atoms with E-state index >= 15 is 0 Å². The lowest BCUT2D eigenvalue weighted by Crippen LogP contribution is -2.50. The van der Waals surface area contributed by atoms with Crippen LogP contribution in [0.5, 0.6) is 5.75 Å². The maximum absolute atomic E-state index is 13.1. The number of halogens is 1. The zero-order chi connectivity index (χ0) is 19.4. The molecule has 1 heterocycles. The van der Waals surface area contributed by atoms with Crippen molar-refractivity contribution in [1.82, 2.24) is 4.72 Å². The van der Waals surface area contributed by atoms with E-state index in [2.05, 4.69) is 4.72 Å². The van der Waals surface area contributed by atoms with Gasteiger partial charge in [0.2, 0.25) is 10.0 Å². The molecule has 2 aromatic rings. The molecule has 1 fully saturated rings. The molecule has 1 amide bonds. The number of benzene rings is 2. The maximum Gasteiger partial charge on any atom is 0.253 e. The minimum absolute atomic E-state index is 0.000658. The van der Waals surface area contributed by atoms with Crippen LogP contribution in [-0.2, 0) is 19.6 Å². The van der Waals surface area contributed by atoms with Gasteiger partial charge in [-0.25, -0.2) is 17.5 Å². The van der Waals surface area contributed by atoms with E-state index in [4.69, 9.17) is 9.47 Å². The molecular formula is C18H19FN2O5S. The van der Waals surface area contributed by atoms with E-state index in [9.17, 15) is 17.6 Å². The molecule has 1 atom stereocenters. The quantitative estimate of drug-likeness (QED) is 0.804. The lowest BCUT2D eigenvalue weighted by molar-refractivity contribution is -0.129. The van der Waals surface area contributed by atoms with Gasteiger partial charge < -0.3 is 14.4 Å². The van der Waals surface area contributed by atoms with Crippen LogP contribution in [0.3, 0.4) is 0 Å². The number of sulfonamides is 1. The normalized spacial score (nSPS) is 17.8. The van der Waals surface area contributed by atoms with Crippen molar-refractivity contribution in [1.29, 1.82) is 0 Å². The van der Waals surface area contributed by atoms with Crippen molar-refractivity contribution in [2.24, 2.45) is 0 Å². The number of hydrogen-bond acceptors (Lipinski definition) is 5. The molecule has 1 aliphatic rings. The second-order valence-corrected chi connectivity index (χ2v) is 7.71. The molecule has 3 rings (SSSR count). The Morgan fingerprint density at radius 2 is 1.85 bits per heavy atom. The van der Waals surface area contributed by atoms with E-state index in [1.54, 1.807) is 12.1 Å². The molecule has 144 valence electrons. The third kappa shape index (κ3) is 4.62. The second kappa shape index (κ2) is 8.03. The highest BCUT2D eigenvalue weighted by Gasteiger charge is 2.28. The van der Waals surface area contributed by atoms with Crippen LogP contribution in [0.2, 0.25) is 0 Å². The number of nitrogens with zero attached hydrogens (tertiary/aromatic N) is 1. The predicted octanol–water partition coefficient (Wildman–Crippen LogP) is 1.54. The van der Waals surface area contributed by atoms with Crippen molar-refractivity contribution in [2.75, 3.05) is 31.7 Å². The Bertz CT molecular complexity index is 900. The topological polar surface area (TPSA) is 84.9 Å². The highest BCUT2D eigenvalue weighted by molar-refractivity contribution is 7.89. The van der Waals surface area contributed by atoms with Gasteiger partial charge in [-0.05, 0) is 48.5 Å². The number of methoxy groups -OCH3 is 1. The van der Waals surface area contributed by atoms with Gasteiger partial charge in [-0.15, -0.1) is 0 Å². The monoisotopic (exact) mass is 394 g/mol. The molecule has 9 heteroatoms. The first-order chi connectivity index (χ1) is 12.9. The van der Waals surface area contributed by atoms with Crippen molar-refractivity contribution in [3.63, 3.8) is 0 Å². The highest BCUT2D eigenvalue weighted by atomic mass is 32.2. The van der Waals surface area contributed by atoms with E-state index in [-0.39, 0.29) is 30.5 Å². The van der Waals surface area contributed by atoms with E-state index < -0.39 is 21.9 Å². The van der Waals surface area contributed by atoms with Gasteiger partial charge in [0.05, 0.1) is 24.7 Å². The van der Waals surface area contributed by atoms with Crippen LogP contribution in [0.1, 0.15) is 0 Å². The summed E-state index contributed by atoms with van der Waals surface area (Å²) in [6, 6.07) is 11.5. The fourth-order valence-corrected chi connectivity index (χ4v) is 3.73. The van der Waals surface area contributed by atoms with E-state index in [0.29, 0.717) is 11.4 Å². The highest BCUT2D eigenvalue weighted by Crippen LogP contribution is 2.20. The smallest absolute Gasteiger partial charge is 0.253 e. The Balaban J connectivity index is 1.64. The van der Waals surface area contributed by atoms with Crippen LogP contribution in [0, 0.1) is 5.82 Å². The molecule has 0 aromatic heterocycles. The van der Waals surface area contributed by atoms with Crippen LogP contribution < -0.4 is 14.4 Å². The Hall–Kier alpha value is -2.49. The fourth-order valence-electron chi connectivity index (χ4n) is 2.66. The summed E-state index contributed by atoms with van der Waals surface area (Å²) in [6.45, 7) is -0.0127. The molecule has 27 heavy (non-hydrogen) atoms. The van der Waals surface area contributed by atoms with Crippen molar-refractivity contribution >= 4 is 21.6 Å². The summed E-state index contributed by atoms with van der Waals surface area (Å²) in [5, 5.41) is 0. The molecule has 0 aliphatic carbocycles. The minimum atomic E-state index is -3.72. The summed E-state index contributed by atoms with van der Waals surface area (Å²) in [6.07, 6.45) is -0.527. The number of carbonyl (C=O) groups excluding carboxylic acids is 1. The average molecular weight is 394 g/mol. The number of carbonyl (C=O) groups is 1. The first-order valence-corrected chi connectivity index (χ1v) is 9.68. The van der Waals surface area contributed by atoms with E-state index in [1.807, 2.05) is 0 Å². The number of morpholine rings is 1. The van der Waals surface area contributed by atoms with Gasteiger partial charge >= 0.3 is 0 Å². The van der Waals surface area contributed by atoms with Crippen molar-refractivity contribution in [3.05, 3.63) is 54.3 Å². The average Bonchev–Trinajstić information content (AvgIpc) is 2.68. The number of hydrogen-bond donors (Lipinski definition) is 1. The Labute approximate surface area is 156 Å². The van der Waals surface area contributed by atoms with E-state index in [0.717, 1.165) is 0 Å². The molecule has 0 saturated carbocycles. The summed E-state index contributed by atoms with van der Waals surface area (Å²) in [4.78, 5) is 13.6. The fraction of sp³-hybridized carbons (Fsp3) is 0.278. The van der Waals surface area contributed by atoms with Crippen molar-refractivity contribution in [3.8, 4) is 5.75 Å². The summed E-state index contributed by atoms with van der Waals surface area (Å²) in [5.41, 5.74) is 0.535. The van der Waals surface area contributed by atoms with Crippen LogP contribution in [0.4, 0.5) is 10.1 Å². The molecule has 0 radical (unpaired) electrons. The molecule has 2 aromatic carbocycles. The molecule has 1 saturated heterocycles. The largest absolute Gasteiger partial charge is 0.497 e. The van der Waals surface area contributed by atoms with Crippen LogP contribution in [0.15, 0.2) is 53.4 Å². The predicted molar refractivity (Wildman–Crippen MR) is 96.7 cm³/mol. The van der Waals surface area contributed by atoms with Crippen molar-refractivity contribution < 1.29 is 27.1 Å². The Morgan fingerprint density at radius 1 is 1.19 bits per heavy atom. The lowest BCUT2D eigenvalue weighted by atomic mass is 10.2. The van der Waals surface area contributed by atoms with Gasteiger partial charge in [-0.3, -0.25) is 4.79 Å².